The molecular formula is C17H17N5O. The third kappa shape index (κ3) is 2.63. The maximum atomic E-state index is 12.0. The van der Waals surface area contributed by atoms with Gasteiger partial charge in [0.15, 0.2) is 5.65 Å². The molecule has 2 aromatic heterocycles. The lowest BCUT2D eigenvalue weighted by molar-refractivity contribution is -0.123. The van der Waals surface area contributed by atoms with Crippen LogP contribution in [-0.4, -0.2) is 33.1 Å². The highest BCUT2D eigenvalue weighted by Gasteiger charge is 2.23. The SMILES string of the molecule is O=C1NCCCC1Nc1cc(-c2ccccc2)nc2ccnn12. The Kier molecular flexibility index (Phi) is 3.42. The maximum Gasteiger partial charge on any atom is 0.242 e. The molecular weight excluding hydrogens is 290 g/mol. The Morgan fingerprint density at radius 1 is 1.22 bits per heavy atom. The highest BCUT2D eigenvalue weighted by atomic mass is 16.2. The van der Waals surface area contributed by atoms with Gasteiger partial charge in [-0.1, -0.05) is 30.3 Å². The van der Waals surface area contributed by atoms with E-state index < -0.39 is 0 Å². The van der Waals surface area contributed by atoms with Crippen molar-refractivity contribution < 1.29 is 4.79 Å². The average molecular weight is 307 g/mol. The summed E-state index contributed by atoms with van der Waals surface area (Å²) in [5.41, 5.74) is 2.65. The lowest BCUT2D eigenvalue weighted by Crippen LogP contribution is -2.44. The first-order valence-corrected chi connectivity index (χ1v) is 7.76. The number of aromatic nitrogens is 3. The predicted molar refractivity (Wildman–Crippen MR) is 88.1 cm³/mol. The average Bonchev–Trinajstić information content (AvgIpc) is 3.06. The zero-order valence-electron chi connectivity index (χ0n) is 12.6. The lowest BCUT2D eigenvalue weighted by Gasteiger charge is -2.24. The summed E-state index contributed by atoms with van der Waals surface area (Å²) in [6, 6.07) is 13.6. The number of nitrogens with zero attached hydrogens (tertiary/aromatic N) is 3. The van der Waals surface area contributed by atoms with Crippen molar-refractivity contribution in [2.75, 3.05) is 11.9 Å². The van der Waals surface area contributed by atoms with Crippen molar-refractivity contribution in [3.05, 3.63) is 48.7 Å². The molecule has 1 aliphatic rings. The van der Waals surface area contributed by atoms with Crippen LogP contribution in [-0.2, 0) is 4.79 Å². The van der Waals surface area contributed by atoms with Crippen LogP contribution in [0.3, 0.4) is 0 Å². The van der Waals surface area contributed by atoms with Gasteiger partial charge in [0.05, 0.1) is 11.9 Å². The molecule has 1 aliphatic heterocycles. The van der Waals surface area contributed by atoms with Crippen LogP contribution in [0.4, 0.5) is 5.82 Å². The van der Waals surface area contributed by atoms with Gasteiger partial charge in [-0.2, -0.15) is 9.61 Å². The van der Waals surface area contributed by atoms with Crippen molar-refractivity contribution in [1.82, 2.24) is 19.9 Å². The molecule has 0 radical (unpaired) electrons. The van der Waals surface area contributed by atoms with E-state index >= 15 is 0 Å². The van der Waals surface area contributed by atoms with E-state index in [1.807, 2.05) is 42.5 Å². The van der Waals surface area contributed by atoms with Crippen molar-refractivity contribution in [3.8, 4) is 11.3 Å². The molecule has 0 saturated carbocycles. The van der Waals surface area contributed by atoms with Crippen LogP contribution in [0.25, 0.3) is 16.9 Å². The normalized spacial score (nSPS) is 17.9. The number of hydrogen-bond acceptors (Lipinski definition) is 4. The van der Waals surface area contributed by atoms with Crippen LogP contribution >= 0.6 is 0 Å². The fraction of sp³-hybridized carbons (Fsp3) is 0.235. The van der Waals surface area contributed by atoms with E-state index in [0.717, 1.165) is 42.1 Å². The minimum absolute atomic E-state index is 0.0367. The first-order chi connectivity index (χ1) is 11.3. The fourth-order valence-electron chi connectivity index (χ4n) is 2.86. The minimum Gasteiger partial charge on any atom is -0.358 e. The number of rotatable bonds is 3. The monoisotopic (exact) mass is 307 g/mol. The van der Waals surface area contributed by atoms with Gasteiger partial charge >= 0.3 is 0 Å². The number of benzene rings is 1. The third-order valence-electron chi connectivity index (χ3n) is 4.04. The Labute approximate surface area is 133 Å². The van der Waals surface area contributed by atoms with E-state index in [1.54, 1.807) is 10.7 Å². The second-order valence-electron chi connectivity index (χ2n) is 5.62. The summed E-state index contributed by atoms with van der Waals surface area (Å²) in [5, 5.41) is 10.5. The molecule has 4 rings (SSSR count). The Balaban J connectivity index is 1.75. The molecule has 116 valence electrons. The molecule has 3 aromatic rings. The van der Waals surface area contributed by atoms with Gasteiger partial charge < -0.3 is 10.6 Å². The van der Waals surface area contributed by atoms with Crippen LogP contribution in [0.15, 0.2) is 48.7 Å². The molecule has 1 unspecified atom stereocenters. The highest BCUT2D eigenvalue weighted by Crippen LogP contribution is 2.23. The smallest absolute Gasteiger partial charge is 0.242 e. The molecule has 23 heavy (non-hydrogen) atoms. The van der Waals surface area contributed by atoms with Crippen molar-refractivity contribution in [2.45, 2.75) is 18.9 Å². The summed E-state index contributed by atoms with van der Waals surface area (Å²) in [5.74, 6) is 0.815. The van der Waals surface area contributed by atoms with E-state index in [4.69, 9.17) is 0 Å². The number of carbonyl (C=O) groups is 1. The molecule has 1 atom stereocenters. The van der Waals surface area contributed by atoms with Gasteiger partial charge in [-0.15, -0.1) is 0 Å². The third-order valence-corrected chi connectivity index (χ3v) is 4.04. The summed E-state index contributed by atoms with van der Waals surface area (Å²) >= 11 is 0. The van der Waals surface area contributed by atoms with E-state index in [9.17, 15) is 4.79 Å². The van der Waals surface area contributed by atoms with E-state index in [2.05, 4.69) is 20.7 Å². The summed E-state index contributed by atoms with van der Waals surface area (Å²) in [6.45, 7) is 0.750. The number of anilines is 1. The molecule has 3 heterocycles. The number of piperidine rings is 1. The molecule has 2 N–H and O–H groups in total. The van der Waals surface area contributed by atoms with Gasteiger partial charge in [0, 0.05) is 24.2 Å². The molecule has 6 nitrogen and oxygen atoms in total. The lowest BCUT2D eigenvalue weighted by atomic mass is 10.1. The minimum atomic E-state index is -0.234. The van der Waals surface area contributed by atoms with Gasteiger partial charge in [0.2, 0.25) is 5.91 Å². The van der Waals surface area contributed by atoms with Crippen molar-refractivity contribution in [3.63, 3.8) is 0 Å². The number of nitrogens with one attached hydrogen (secondary N) is 2. The molecule has 0 bridgehead atoms. The Morgan fingerprint density at radius 3 is 2.91 bits per heavy atom. The van der Waals surface area contributed by atoms with Gasteiger partial charge in [0.1, 0.15) is 11.9 Å². The molecule has 1 saturated heterocycles. The Morgan fingerprint density at radius 2 is 2.09 bits per heavy atom. The fourth-order valence-corrected chi connectivity index (χ4v) is 2.86. The van der Waals surface area contributed by atoms with Crippen molar-refractivity contribution >= 4 is 17.4 Å². The van der Waals surface area contributed by atoms with Crippen LogP contribution < -0.4 is 10.6 Å². The van der Waals surface area contributed by atoms with Crippen LogP contribution in [0.2, 0.25) is 0 Å². The van der Waals surface area contributed by atoms with Crippen molar-refractivity contribution in [2.24, 2.45) is 0 Å². The summed E-state index contributed by atoms with van der Waals surface area (Å²) in [6.07, 6.45) is 3.50. The Bertz CT molecular complexity index is 843. The van der Waals surface area contributed by atoms with E-state index in [-0.39, 0.29) is 11.9 Å². The number of carbonyl (C=O) groups excluding carboxylic acids is 1. The summed E-state index contributed by atoms with van der Waals surface area (Å²) in [4.78, 5) is 16.6. The second-order valence-corrected chi connectivity index (χ2v) is 5.62. The number of fused-ring (bicyclic) bond motifs is 1. The van der Waals surface area contributed by atoms with Crippen LogP contribution in [0.5, 0.6) is 0 Å². The summed E-state index contributed by atoms with van der Waals surface area (Å²) in [7, 11) is 0. The Hall–Kier alpha value is -2.89. The van der Waals surface area contributed by atoms with Crippen LogP contribution in [0.1, 0.15) is 12.8 Å². The number of amides is 1. The molecule has 6 heteroatoms. The van der Waals surface area contributed by atoms with Gasteiger partial charge in [-0.3, -0.25) is 4.79 Å². The second kappa shape index (κ2) is 5.72. The number of hydrogen-bond donors (Lipinski definition) is 2. The molecule has 0 spiro atoms. The van der Waals surface area contributed by atoms with Crippen LogP contribution in [0, 0.1) is 0 Å². The van der Waals surface area contributed by atoms with E-state index in [1.165, 1.54) is 0 Å². The molecule has 1 amide bonds. The molecule has 1 aromatic carbocycles. The zero-order valence-corrected chi connectivity index (χ0v) is 12.6. The van der Waals surface area contributed by atoms with Gasteiger partial charge in [-0.25, -0.2) is 4.98 Å². The molecule has 0 aliphatic carbocycles. The van der Waals surface area contributed by atoms with E-state index in [0.29, 0.717) is 0 Å². The first-order valence-electron chi connectivity index (χ1n) is 7.76. The summed E-state index contributed by atoms with van der Waals surface area (Å²) < 4.78 is 1.73. The standard InChI is InChI=1S/C17H17N5O/c23-17-13(7-4-9-18-17)20-16-11-14(12-5-2-1-3-6-12)21-15-8-10-19-22(15)16/h1-3,5-6,8,10-11,13,20H,4,7,9H2,(H,18,23). The predicted octanol–water partition coefficient (Wildman–Crippen LogP) is 2.09. The molecule has 1 fully saturated rings. The largest absolute Gasteiger partial charge is 0.358 e. The van der Waals surface area contributed by atoms with Crippen molar-refractivity contribution in [1.29, 1.82) is 0 Å². The van der Waals surface area contributed by atoms with Gasteiger partial charge in [0.25, 0.3) is 0 Å². The zero-order chi connectivity index (χ0) is 15.6. The first kappa shape index (κ1) is 13.8. The topological polar surface area (TPSA) is 71.3 Å². The quantitative estimate of drug-likeness (QED) is 0.777. The highest BCUT2D eigenvalue weighted by molar-refractivity contribution is 5.85. The van der Waals surface area contributed by atoms with Gasteiger partial charge in [-0.05, 0) is 12.8 Å². The maximum absolute atomic E-state index is 12.0.